The predicted molar refractivity (Wildman–Crippen MR) is 99.0 cm³/mol. The Kier molecular flexibility index (Phi) is 6.46. The van der Waals surface area contributed by atoms with Crippen molar-refractivity contribution >= 4 is 25.8 Å². The van der Waals surface area contributed by atoms with Crippen LogP contribution in [0.15, 0.2) is 34.1 Å². The van der Waals surface area contributed by atoms with Gasteiger partial charge in [-0.15, -0.1) is 0 Å². The Morgan fingerprint density at radius 1 is 0.962 bits per heavy atom. The van der Waals surface area contributed by atoms with Crippen LogP contribution < -0.4 is 0 Å². The molecule has 0 bridgehead atoms. The molecule has 146 valence electrons. The van der Waals surface area contributed by atoms with Crippen LogP contribution in [0.25, 0.3) is 0 Å². The summed E-state index contributed by atoms with van der Waals surface area (Å²) in [5, 5.41) is 0. The van der Waals surface area contributed by atoms with E-state index in [-0.39, 0.29) is 33.9 Å². The molecular formula is C17H26N2O5S2. The van der Waals surface area contributed by atoms with Gasteiger partial charge in [-0.05, 0) is 30.7 Å². The monoisotopic (exact) mass is 402 g/mol. The summed E-state index contributed by atoms with van der Waals surface area (Å²) in [4.78, 5) is 14.0. The molecule has 1 aliphatic rings. The summed E-state index contributed by atoms with van der Waals surface area (Å²) in [6, 6.07) is 5.33. The third-order valence-corrected chi connectivity index (χ3v) is 8.12. The second-order valence-corrected chi connectivity index (χ2v) is 10.8. The highest BCUT2D eigenvalue weighted by Gasteiger charge is 2.29. The van der Waals surface area contributed by atoms with Crippen molar-refractivity contribution in [2.24, 2.45) is 5.92 Å². The number of hydrogen-bond acceptors (Lipinski definition) is 5. The zero-order valence-corrected chi connectivity index (χ0v) is 17.0. The number of benzene rings is 1. The number of amides is 1. The van der Waals surface area contributed by atoms with E-state index in [9.17, 15) is 21.6 Å². The summed E-state index contributed by atoms with van der Waals surface area (Å²) >= 11 is 0. The van der Waals surface area contributed by atoms with E-state index in [1.54, 1.807) is 11.8 Å². The molecule has 1 aliphatic heterocycles. The summed E-state index contributed by atoms with van der Waals surface area (Å²) in [7, 11) is -7.09. The van der Waals surface area contributed by atoms with Gasteiger partial charge in [0.1, 0.15) is 0 Å². The van der Waals surface area contributed by atoms with Gasteiger partial charge in [0.15, 0.2) is 9.84 Å². The lowest BCUT2D eigenvalue weighted by Gasteiger charge is -2.23. The van der Waals surface area contributed by atoms with E-state index in [1.165, 1.54) is 28.6 Å². The lowest BCUT2D eigenvalue weighted by atomic mass is 10.2. The first-order chi connectivity index (χ1) is 12.1. The quantitative estimate of drug-likeness (QED) is 0.741. The van der Waals surface area contributed by atoms with E-state index in [1.807, 2.05) is 13.8 Å². The minimum absolute atomic E-state index is 0.0263. The molecular weight excluding hydrogens is 376 g/mol. The first-order valence-corrected chi connectivity index (χ1v) is 11.8. The highest BCUT2D eigenvalue weighted by Crippen LogP contribution is 2.21. The van der Waals surface area contributed by atoms with Gasteiger partial charge in [-0.25, -0.2) is 16.8 Å². The zero-order chi connectivity index (χ0) is 19.5. The van der Waals surface area contributed by atoms with Crippen LogP contribution in [0.5, 0.6) is 0 Å². The fraction of sp³-hybridized carbons (Fsp3) is 0.588. The van der Waals surface area contributed by atoms with Crippen molar-refractivity contribution in [1.29, 1.82) is 0 Å². The number of nitrogens with zero attached hydrogens (tertiary/aromatic N) is 2. The van der Waals surface area contributed by atoms with Crippen molar-refractivity contribution in [3.63, 3.8) is 0 Å². The summed E-state index contributed by atoms with van der Waals surface area (Å²) in [6.45, 7) is 6.66. The molecule has 0 radical (unpaired) electrons. The number of hydrogen-bond donors (Lipinski definition) is 0. The normalized spacial score (nSPS) is 17.3. The van der Waals surface area contributed by atoms with Crippen LogP contribution in [-0.2, 0) is 24.7 Å². The molecule has 1 saturated heterocycles. The van der Waals surface area contributed by atoms with Gasteiger partial charge in [0.25, 0.3) is 0 Å². The number of carbonyl (C=O) groups is 1. The van der Waals surface area contributed by atoms with Gasteiger partial charge in [0, 0.05) is 32.1 Å². The summed E-state index contributed by atoms with van der Waals surface area (Å²) in [5.74, 6) is -0.130. The molecule has 7 nitrogen and oxygen atoms in total. The van der Waals surface area contributed by atoms with Gasteiger partial charge in [-0.3, -0.25) is 4.79 Å². The fourth-order valence-corrected chi connectivity index (χ4v) is 5.21. The topological polar surface area (TPSA) is 91.8 Å². The molecule has 1 aromatic rings. The van der Waals surface area contributed by atoms with Gasteiger partial charge in [0.05, 0.1) is 15.5 Å². The van der Waals surface area contributed by atoms with Crippen molar-refractivity contribution in [3.05, 3.63) is 24.3 Å². The highest BCUT2D eigenvalue weighted by molar-refractivity contribution is 7.91. The average molecular weight is 403 g/mol. The Bertz CT molecular complexity index is 846. The molecule has 0 unspecified atom stereocenters. The number of sulfone groups is 1. The summed E-state index contributed by atoms with van der Waals surface area (Å²) in [5.41, 5.74) is 0. The van der Waals surface area contributed by atoms with Crippen LogP contribution in [0.4, 0.5) is 0 Å². The molecule has 1 fully saturated rings. The van der Waals surface area contributed by atoms with Gasteiger partial charge in [0.2, 0.25) is 15.9 Å². The first kappa shape index (κ1) is 20.9. The van der Waals surface area contributed by atoms with Crippen molar-refractivity contribution < 1.29 is 21.6 Å². The second-order valence-electron chi connectivity index (χ2n) is 6.61. The van der Waals surface area contributed by atoms with Crippen LogP contribution in [0.3, 0.4) is 0 Å². The van der Waals surface area contributed by atoms with E-state index in [4.69, 9.17) is 0 Å². The smallest absolute Gasteiger partial charge is 0.243 e. The summed E-state index contributed by atoms with van der Waals surface area (Å²) < 4.78 is 50.8. The minimum Gasteiger partial charge on any atom is -0.341 e. The molecule has 0 aliphatic carbocycles. The number of rotatable bonds is 5. The fourth-order valence-electron chi connectivity index (χ4n) is 2.85. The number of sulfonamides is 1. The molecule has 0 spiro atoms. The highest BCUT2D eigenvalue weighted by atomic mass is 32.2. The Balaban J connectivity index is 2.18. The molecule has 0 N–H and O–H groups in total. The third kappa shape index (κ3) is 4.44. The van der Waals surface area contributed by atoms with E-state index in [0.29, 0.717) is 26.1 Å². The maximum atomic E-state index is 12.9. The van der Waals surface area contributed by atoms with Crippen LogP contribution in [0, 0.1) is 5.92 Å². The van der Waals surface area contributed by atoms with E-state index in [0.717, 1.165) is 0 Å². The molecule has 0 aromatic heterocycles. The molecule has 1 heterocycles. The third-order valence-electron chi connectivity index (χ3n) is 4.46. The number of carbonyl (C=O) groups excluding carboxylic acids is 1. The minimum atomic E-state index is -3.72. The molecule has 0 atom stereocenters. The molecule has 0 saturated carbocycles. The SMILES string of the molecule is CCS(=O)(=O)c1ccc(S(=O)(=O)N2CCCN(C(=O)C(C)C)CC2)cc1. The van der Waals surface area contributed by atoms with E-state index < -0.39 is 19.9 Å². The van der Waals surface area contributed by atoms with Gasteiger partial charge in [-0.1, -0.05) is 20.8 Å². The average Bonchev–Trinajstić information content (AvgIpc) is 2.87. The van der Waals surface area contributed by atoms with Crippen LogP contribution in [-0.4, -0.2) is 63.9 Å². The predicted octanol–water partition coefficient (Wildman–Crippen LogP) is 1.36. The van der Waals surface area contributed by atoms with E-state index >= 15 is 0 Å². The van der Waals surface area contributed by atoms with Crippen molar-refractivity contribution in [3.8, 4) is 0 Å². The van der Waals surface area contributed by atoms with Crippen LogP contribution in [0.2, 0.25) is 0 Å². The first-order valence-electron chi connectivity index (χ1n) is 8.71. The van der Waals surface area contributed by atoms with Crippen molar-refractivity contribution in [2.45, 2.75) is 37.0 Å². The molecule has 9 heteroatoms. The van der Waals surface area contributed by atoms with Gasteiger partial charge in [-0.2, -0.15) is 4.31 Å². The van der Waals surface area contributed by atoms with Crippen LogP contribution in [0.1, 0.15) is 27.2 Å². The zero-order valence-electron chi connectivity index (χ0n) is 15.4. The van der Waals surface area contributed by atoms with Gasteiger partial charge < -0.3 is 4.90 Å². The van der Waals surface area contributed by atoms with Gasteiger partial charge >= 0.3 is 0 Å². The Hall–Kier alpha value is -1.45. The molecule has 26 heavy (non-hydrogen) atoms. The maximum absolute atomic E-state index is 12.9. The standard InChI is InChI=1S/C17H26N2O5S2/c1-4-25(21,22)15-6-8-16(9-7-15)26(23,24)19-11-5-10-18(12-13-19)17(20)14(2)3/h6-9,14H,4-5,10-13H2,1-3H3. The Labute approximate surface area is 156 Å². The van der Waals surface area contributed by atoms with E-state index in [2.05, 4.69) is 0 Å². The lowest BCUT2D eigenvalue weighted by Crippen LogP contribution is -2.38. The summed E-state index contributed by atoms with van der Waals surface area (Å²) in [6.07, 6.45) is 0.569. The maximum Gasteiger partial charge on any atom is 0.243 e. The largest absolute Gasteiger partial charge is 0.341 e. The molecule has 1 amide bonds. The molecule has 1 aromatic carbocycles. The lowest BCUT2D eigenvalue weighted by molar-refractivity contribution is -0.134. The Morgan fingerprint density at radius 2 is 1.54 bits per heavy atom. The molecule has 2 rings (SSSR count). The van der Waals surface area contributed by atoms with Crippen LogP contribution >= 0.6 is 0 Å². The van der Waals surface area contributed by atoms with Crippen molar-refractivity contribution in [1.82, 2.24) is 9.21 Å². The second kappa shape index (κ2) is 8.06. The van der Waals surface area contributed by atoms with Crippen molar-refractivity contribution in [2.75, 3.05) is 31.9 Å². The Morgan fingerprint density at radius 3 is 2.08 bits per heavy atom.